The van der Waals surface area contributed by atoms with E-state index in [0.717, 1.165) is 18.4 Å². The summed E-state index contributed by atoms with van der Waals surface area (Å²) in [6.45, 7) is 7.84. The van der Waals surface area contributed by atoms with Crippen LogP contribution in [0.4, 0.5) is 5.95 Å². The first-order chi connectivity index (χ1) is 9.20. The first kappa shape index (κ1) is 14.4. The van der Waals surface area contributed by atoms with Crippen LogP contribution in [0, 0.1) is 11.8 Å². The predicted octanol–water partition coefficient (Wildman–Crippen LogP) is 4.31. The van der Waals surface area contributed by atoms with E-state index in [0.29, 0.717) is 12.0 Å². The van der Waals surface area contributed by atoms with Crippen molar-refractivity contribution in [3.05, 3.63) is 12.4 Å². The van der Waals surface area contributed by atoms with Crippen molar-refractivity contribution in [3.63, 3.8) is 0 Å². The van der Waals surface area contributed by atoms with Crippen molar-refractivity contribution in [3.8, 4) is 0 Å². The first-order valence-corrected chi connectivity index (χ1v) is 7.98. The van der Waals surface area contributed by atoms with E-state index in [1.807, 2.05) is 6.20 Å². The molecule has 1 saturated carbocycles. The number of hydrogen-bond acceptors (Lipinski definition) is 2. The molecule has 1 aromatic rings. The number of rotatable bonds is 6. The second kappa shape index (κ2) is 6.97. The molecule has 3 nitrogen and oxygen atoms in total. The van der Waals surface area contributed by atoms with Crippen molar-refractivity contribution in [1.82, 2.24) is 9.55 Å². The summed E-state index contributed by atoms with van der Waals surface area (Å²) >= 11 is 0. The summed E-state index contributed by atoms with van der Waals surface area (Å²) in [5, 5.41) is 3.70. The topological polar surface area (TPSA) is 29.9 Å². The first-order valence-electron chi connectivity index (χ1n) is 7.98. The van der Waals surface area contributed by atoms with Gasteiger partial charge < -0.3 is 9.88 Å². The number of hydrogen-bond donors (Lipinski definition) is 1. The molecule has 19 heavy (non-hydrogen) atoms. The Labute approximate surface area is 117 Å². The van der Waals surface area contributed by atoms with Gasteiger partial charge in [0.2, 0.25) is 5.95 Å². The van der Waals surface area contributed by atoms with Gasteiger partial charge in [-0.25, -0.2) is 4.98 Å². The third kappa shape index (κ3) is 3.99. The number of nitrogens with zero attached hydrogens (tertiary/aromatic N) is 2. The van der Waals surface area contributed by atoms with E-state index in [-0.39, 0.29) is 0 Å². The summed E-state index contributed by atoms with van der Waals surface area (Å²) in [5.41, 5.74) is 0. The van der Waals surface area contributed by atoms with Crippen LogP contribution in [0.5, 0.6) is 0 Å². The molecular formula is C16H29N3. The van der Waals surface area contributed by atoms with Crippen LogP contribution in [-0.2, 0) is 6.54 Å². The highest BCUT2D eigenvalue weighted by Crippen LogP contribution is 2.29. The Balaban J connectivity index is 1.99. The molecule has 0 spiro atoms. The van der Waals surface area contributed by atoms with Gasteiger partial charge in [0.25, 0.3) is 0 Å². The number of aromatic nitrogens is 2. The van der Waals surface area contributed by atoms with Crippen LogP contribution in [0.25, 0.3) is 0 Å². The van der Waals surface area contributed by atoms with E-state index >= 15 is 0 Å². The molecule has 2 rings (SSSR count). The minimum atomic E-state index is 0.591. The third-order valence-electron chi connectivity index (χ3n) is 4.25. The summed E-state index contributed by atoms with van der Waals surface area (Å²) in [6.07, 6.45) is 12.2. The third-order valence-corrected chi connectivity index (χ3v) is 4.25. The van der Waals surface area contributed by atoms with Crippen molar-refractivity contribution >= 4 is 5.95 Å². The molecule has 0 saturated heterocycles. The maximum absolute atomic E-state index is 4.50. The molecule has 1 unspecified atom stereocenters. The van der Waals surface area contributed by atoms with Gasteiger partial charge in [0.1, 0.15) is 0 Å². The molecule has 1 aromatic heterocycles. The zero-order valence-electron chi connectivity index (χ0n) is 12.7. The Kier molecular flexibility index (Phi) is 5.29. The Morgan fingerprint density at radius 1 is 1.32 bits per heavy atom. The maximum Gasteiger partial charge on any atom is 0.203 e. The standard InChI is InChI=1S/C16H29N3/c1-4-15(14-8-6-5-7-9-14)18-16-17-10-11-19(16)12-13(2)3/h10-11,13-15H,4-9,12H2,1-3H3,(H,17,18). The Morgan fingerprint density at radius 2 is 2.05 bits per heavy atom. The average Bonchev–Trinajstić information content (AvgIpc) is 2.83. The van der Waals surface area contributed by atoms with E-state index in [1.54, 1.807) is 0 Å². The Hall–Kier alpha value is -0.990. The maximum atomic E-state index is 4.50. The fourth-order valence-electron chi connectivity index (χ4n) is 3.25. The molecule has 1 fully saturated rings. The molecule has 108 valence electrons. The highest BCUT2D eigenvalue weighted by molar-refractivity contribution is 5.28. The molecule has 0 aliphatic heterocycles. The molecule has 0 radical (unpaired) electrons. The lowest BCUT2D eigenvalue weighted by Crippen LogP contribution is -2.31. The van der Waals surface area contributed by atoms with Crippen molar-refractivity contribution < 1.29 is 0 Å². The van der Waals surface area contributed by atoms with Gasteiger partial charge in [-0.1, -0.05) is 40.0 Å². The molecule has 1 N–H and O–H groups in total. The predicted molar refractivity (Wildman–Crippen MR) is 81.3 cm³/mol. The molecule has 1 aliphatic rings. The van der Waals surface area contributed by atoms with Crippen LogP contribution in [-0.4, -0.2) is 15.6 Å². The average molecular weight is 263 g/mol. The quantitative estimate of drug-likeness (QED) is 0.829. The van der Waals surface area contributed by atoms with Gasteiger partial charge in [0, 0.05) is 25.0 Å². The van der Waals surface area contributed by atoms with Crippen LogP contribution in [0.1, 0.15) is 59.3 Å². The minimum Gasteiger partial charge on any atom is -0.353 e. The Morgan fingerprint density at radius 3 is 2.68 bits per heavy atom. The SMILES string of the molecule is CCC(Nc1nccn1CC(C)C)C1CCCCC1. The molecule has 1 heterocycles. The zero-order valence-corrected chi connectivity index (χ0v) is 12.7. The zero-order chi connectivity index (χ0) is 13.7. The summed E-state index contributed by atoms with van der Waals surface area (Å²) < 4.78 is 2.26. The number of anilines is 1. The van der Waals surface area contributed by atoms with Gasteiger partial charge in [-0.15, -0.1) is 0 Å². The second-order valence-corrected chi connectivity index (χ2v) is 6.35. The largest absolute Gasteiger partial charge is 0.353 e. The molecule has 1 atom stereocenters. The monoisotopic (exact) mass is 263 g/mol. The number of nitrogens with one attached hydrogen (secondary N) is 1. The molecule has 0 bridgehead atoms. The van der Waals surface area contributed by atoms with E-state index in [2.05, 4.69) is 41.8 Å². The van der Waals surface area contributed by atoms with Crippen LogP contribution in [0.2, 0.25) is 0 Å². The van der Waals surface area contributed by atoms with E-state index in [1.165, 1.54) is 38.5 Å². The molecular weight excluding hydrogens is 234 g/mol. The number of imidazole rings is 1. The Bertz CT molecular complexity index is 364. The summed E-state index contributed by atoms with van der Waals surface area (Å²) in [7, 11) is 0. The lowest BCUT2D eigenvalue weighted by molar-refractivity contribution is 0.311. The van der Waals surface area contributed by atoms with E-state index < -0.39 is 0 Å². The smallest absolute Gasteiger partial charge is 0.203 e. The van der Waals surface area contributed by atoms with Crippen LogP contribution in [0.15, 0.2) is 12.4 Å². The lowest BCUT2D eigenvalue weighted by atomic mass is 9.83. The van der Waals surface area contributed by atoms with E-state index in [4.69, 9.17) is 0 Å². The normalized spacial score (nSPS) is 18.7. The fourth-order valence-corrected chi connectivity index (χ4v) is 3.25. The van der Waals surface area contributed by atoms with Crippen molar-refractivity contribution in [2.24, 2.45) is 11.8 Å². The van der Waals surface area contributed by atoms with E-state index in [9.17, 15) is 0 Å². The van der Waals surface area contributed by atoms with Crippen LogP contribution >= 0.6 is 0 Å². The van der Waals surface area contributed by atoms with Crippen molar-refractivity contribution in [2.75, 3.05) is 5.32 Å². The minimum absolute atomic E-state index is 0.591. The second-order valence-electron chi connectivity index (χ2n) is 6.35. The van der Waals surface area contributed by atoms with Gasteiger partial charge in [-0.05, 0) is 31.1 Å². The van der Waals surface area contributed by atoms with Gasteiger partial charge in [-0.2, -0.15) is 0 Å². The molecule has 0 amide bonds. The lowest BCUT2D eigenvalue weighted by Gasteiger charge is -2.30. The summed E-state index contributed by atoms with van der Waals surface area (Å²) in [5.74, 6) is 2.55. The van der Waals surface area contributed by atoms with Gasteiger partial charge >= 0.3 is 0 Å². The van der Waals surface area contributed by atoms with Crippen molar-refractivity contribution in [1.29, 1.82) is 0 Å². The van der Waals surface area contributed by atoms with Gasteiger partial charge in [-0.3, -0.25) is 0 Å². The highest BCUT2D eigenvalue weighted by Gasteiger charge is 2.23. The summed E-state index contributed by atoms with van der Waals surface area (Å²) in [6, 6.07) is 0.591. The van der Waals surface area contributed by atoms with Crippen molar-refractivity contribution in [2.45, 2.75) is 71.9 Å². The fraction of sp³-hybridized carbons (Fsp3) is 0.812. The molecule has 1 aliphatic carbocycles. The molecule has 3 heteroatoms. The van der Waals surface area contributed by atoms with Crippen LogP contribution < -0.4 is 5.32 Å². The highest BCUT2D eigenvalue weighted by atomic mass is 15.2. The van der Waals surface area contributed by atoms with Crippen LogP contribution in [0.3, 0.4) is 0 Å². The summed E-state index contributed by atoms with van der Waals surface area (Å²) in [4.78, 5) is 4.50. The van der Waals surface area contributed by atoms with Gasteiger partial charge in [0.15, 0.2) is 0 Å². The van der Waals surface area contributed by atoms with Gasteiger partial charge in [0.05, 0.1) is 0 Å². The molecule has 0 aromatic carbocycles.